The number of aliphatic hydroxyl groups is 1. The van der Waals surface area contributed by atoms with Crippen molar-refractivity contribution in [2.75, 3.05) is 7.11 Å². The number of aryl methyl sites for hydroxylation is 1. The van der Waals surface area contributed by atoms with Gasteiger partial charge in [0.2, 0.25) is 0 Å². The molecule has 0 fully saturated rings. The first-order valence-corrected chi connectivity index (χ1v) is 4.61. The molecule has 0 aromatic heterocycles. The fourth-order valence-electron chi connectivity index (χ4n) is 1.75. The van der Waals surface area contributed by atoms with Gasteiger partial charge in [-0.2, -0.15) is 0 Å². The van der Waals surface area contributed by atoms with Crippen LogP contribution in [-0.2, 0) is 6.42 Å². The summed E-state index contributed by atoms with van der Waals surface area (Å²) in [6, 6.07) is 5.33. The number of ether oxygens (including phenoxy) is 1. The van der Waals surface area contributed by atoms with Crippen molar-refractivity contribution in [2.45, 2.75) is 18.9 Å². The molecule has 0 bridgehead atoms. The minimum atomic E-state index is -0.823. The fraction of sp³-hybridized carbons (Fsp3) is 0.364. The third kappa shape index (κ3) is 1.40. The van der Waals surface area contributed by atoms with E-state index in [0.29, 0.717) is 12.0 Å². The average Bonchev–Trinajstić information content (AvgIpc) is 2.23. The predicted molar refractivity (Wildman–Crippen MR) is 51.7 cm³/mol. The van der Waals surface area contributed by atoms with Crippen molar-refractivity contribution in [1.29, 1.82) is 0 Å². The second kappa shape index (κ2) is 3.42. The van der Waals surface area contributed by atoms with Crippen LogP contribution in [0.5, 0.6) is 5.75 Å². The van der Waals surface area contributed by atoms with Crippen LogP contribution < -0.4 is 4.74 Å². The van der Waals surface area contributed by atoms with Crippen molar-refractivity contribution in [2.24, 2.45) is 0 Å². The molecule has 0 aliphatic heterocycles. The first kappa shape index (κ1) is 9.21. The highest BCUT2D eigenvalue weighted by atomic mass is 16.5. The van der Waals surface area contributed by atoms with Crippen LogP contribution in [0.4, 0.5) is 0 Å². The summed E-state index contributed by atoms with van der Waals surface area (Å²) in [5.74, 6) is 0.585. The van der Waals surface area contributed by atoms with E-state index < -0.39 is 6.10 Å². The highest BCUT2D eigenvalue weighted by molar-refractivity contribution is 6.01. The zero-order chi connectivity index (χ0) is 10.1. The Morgan fingerprint density at radius 3 is 3.00 bits per heavy atom. The Kier molecular flexibility index (Phi) is 2.25. The lowest BCUT2D eigenvalue weighted by Gasteiger charge is -2.19. The van der Waals surface area contributed by atoms with Gasteiger partial charge in [-0.3, -0.25) is 4.79 Å². The molecular weight excluding hydrogens is 180 g/mol. The number of rotatable bonds is 1. The number of hydrogen-bond acceptors (Lipinski definition) is 3. The molecule has 0 saturated carbocycles. The smallest absolute Gasteiger partial charge is 0.191 e. The van der Waals surface area contributed by atoms with Gasteiger partial charge in [-0.1, -0.05) is 0 Å². The number of methoxy groups -OCH3 is 1. The number of Topliss-reactive ketones (excluding diaryl/α,β-unsaturated/α-hetero) is 1. The third-order valence-electron chi connectivity index (χ3n) is 2.57. The standard InChI is InChI=1S/C11H12O3/c1-14-8-3-4-9-7(6-8)2-5-10(12)11(9)13/h3-4,6,10,12H,2,5H2,1H3. The summed E-state index contributed by atoms with van der Waals surface area (Å²) in [5.41, 5.74) is 1.60. The van der Waals surface area contributed by atoms with Crippen molar-refractivity contribution in [3.8, 4) is 5.75 Å². The van der Waals surface area contributed by atoms with Gasteiger partial charge in [0.05, 0.1) is 7.11 Å². The Balaban J connectivity index is 2.44. The van der Waals surface area contributed by atoms with Gasteiger partial charge < -0.3 is 9.84 Å². The zero-order valence-electron chi connectivity index (χ0n) is 7.99. The van der Waals surface area contributed by atoms with Gasteiger partial charge in [0.1, 0.15) is 11.9 Å². The average molecular weight is 192 g/mol. The van der Waals surface area contributed by atoms with Gasteiger partial charge in [0, 0.05) is 5.56 Å². The van der Waals surface area contributed by atoms with E-state index in [1.165, 1.54) is 0 Å². The Labute approximate surface area is 82.3 Å². The van der Waals surface area contributed by atoms with Crippen LogP contribution in [0, 0.1) is 0 Å². The van der Waals surface area contributed by atoms with Crippen LogP contribution in [0.15, 0.2) is 18.2 Å². The zero-order valence-corrected chi connectivity index (χ0v) is 7.99. The Bertz CT molecular complexity index is 371. The molecule has 1 aliphatic rings. The Morgan fingerprint density at radius 2 is 2.29 bits per heavy atom. The van der Waals surface area contributed by atoms with Crippen molar-refractivity contribution in [3.05, 3.63) is 29.3 Å². The Hall–Kier alpha value is -1.35. The van der Waals surface area contributed by atoms with E-state index in [9.17, 15) is 9.90 Å². The predicted octanol–water partition coefficient (Wildman–Crippen LogP) is 1.18. The molecule has 2 rings (SSSR count). The number of ketones is 1. The summed E-state index contributed by atoms with van der Waals surface area (Å²) in [6.07, 6.45) is 0.425. The normalized spacial score (nSPS) is 20.4. The highest BCUT2D eigenvalue weighted by Crippen LogP contribution is 2.25. The maximum atomic E-state index is 11.5. The van der Waals surface area contributed by atoms with Crippen LogP contribution in [0.3, 0.4) is 0 Å². The molecule has 0 heterocycles. The number of benzene rings is 1. The highest BCUT2D eigenvalue weighted by Gasteiger charge is 2.25. The van der Waals surface area contributed by atoms with Crippen molar-refractivity contribution in [3.63, 3.8) is 0 Å². The summed E-state index contributed by atoms with van der Waals surface area (Å²) in [7, 11) is 1.60. The summed E-state index contributed by atoms with van der Waals surface area (Å²) >= 11 is 0. The van der Waals surface area contributed by atoms with Crippen LogP contribution in [0.2, 0.25) is 0 Å². The first-order valence-electron chi connectivity index (χ1n) is 4.61. The number of hydrogen-bond donors (Lipinski definition) is 1. The summed E-state index contributed by atoms with van der Waals surface area (Å²) in [4.78, 5) is 11.5. The van der Waals surface area contributed by atoms with Crippen molar-refractivity contribution >= 4 is 5.78 Å². The fourth-order valence-corrected chi connectivity index (χ4v) is 1.75. The second-order valence-corrected chi connectivity index (χ2v) is 3.44. The molecular formula is C11H12O3. The minimum absolute atomic E-state index is 0.172. The number of carbonyl (C=O) groups is 1. The van der Waals surface area contributed by atoms with Gasteiger partial charge >= 0.3 is 0 Å². The van der Waals surface area contributed by atoms with Crippen LogP contribution in [0.25, 0.3) is 0 Å². The topological polar surface area (TPSA) is 46.5 Å². The molecule has 0 radical (unpaired) electrons. The van der Waals surface area contributed by atoms with Gasteiger partial charge in [0.25, 0.3) is 0 Å². The molecule has 0 amide bonds. The lowest BCUT2D eigenvalue weighted by atomic mass is 9.89. The van der Waals surface area contributed by atoms with E-state index in [2.05, 4.69) is 0 Å². The molecule has 1 aliphatic carbocycles. The first-order chi connectivity index (χ1) is 6.72. The molecule has 1 aromatic carbocycles. The molecule has 1 N–H and O–H groups in total. The number of carbonyl (C=O) groups excluding carboxylic acids is 1. The van der Waals surface area contributed by atoms with Crippen molar-refractivity contribution in [1.82, 2.24) is 0 Å². The van der Waals surface area contributed by atoms with Gasteiger partial charge in [-0.05, 0) is 36.6 Å². The lowest BCUT2D eigenvalue weighted by Crippen LogP contribution is -2.26. The summed E-state index contributed by atoms with van der Waals surface area (Å²) in [6.45, 7) is 0. The lowest BCUT2D eigenvalue weighted by molar-refractivity contribution is 0.0712. The SMILES string of the molecule is COc1ccc2c(c1)CCC(O)C2=O. The van der Waals surface area contributed by atoms with E-state index in [4.69, 9.17) is 4.74 Å². The molecule has 1 unspecified atom stereocenters. The largest absolute Gasteiger partial charge is 0.497 e. The summed E-state index contributed by atoms with van der Waals surface area (Å²) < 4.78 is 5.07. The van der Waals surface area contributed by atoms with E-state index in [1.54, 1.807) is 19.2 Å². The van der Waals surface area contributed by atoms with Gasteiger partial charge in [-0.25, -0.2) is 0 Å². The quantitative estimate of drug-likeness (QED) is 0.726. The van der Waals surface area contributed by atoms with Crippen molar-refractivity contribution < 1.29 is 14.6 Å². The van der Waals surface area contributed by atoms with Crippen LogP contribution in [0.1, 0.15) is 22.3 Å². The number of aliphatic hydroxyl groups excluding tert-OH is 1. The van der Waals surface area contributed by atoms with Gasteiger partial charge in [-0.15, -0.1) is 0 Å². The summed E-state index contributed by atoms with van der Waals surface area (Å²) in [5, 5.41) is 9.37. The second-order valence-electron chi connectivity index (χ2n) is 3.44. The molecule has 3 heteroatoms. The molecule has 0 saturated heterocycles. The van der Waals surface area contributed by atoms with Crippen LogP contribution in [-0.4, -0.2) is 24.1 Å². The monoisotopic (exact) mass is 192 g/mol. The molecule has 14 heavy (non-hydrogen) atoms. The third-order valence-corrected chi connectivity index (χ3v) is 2.57. The molecule has 74 valence electrons. The molecule has 3 nitrogen and oxygen atoms in total. The molecule has 1 atom stereocenters. The van der Waals surface area contributed by atoms with Crippen LogP contribution >= 0.6 is 0 Å². The minimum Gasteiger partial charge on any atom is -0.497 e. The molecule has 1 aromatic rings. The number of fused-ring (bicyclic) bond motifs is 1. The molecule has 0 spiro atoms. The Morgan fingerprint density at radius 1 is 1.50 bits per heavy atom. The maximum Gasteiger partial charge on any atom is 0.191 e. The van der Waals surface area contributed by atoms with E-state index in [0.717, 1.165) is 17.7 Å². The van der Waals surface area contributed by atoms with E-state index in [-0.39, 0.29) is 5.78 Å². The maximum absolute atomic E-state index is 11.5. The van der Waals surface area contributed by atoms with E-state index in [1.807, 2.05) is 6.07 Å². The van der Waals surface area contributed by atoms with E-state index >= 15 is 0 Å². The van der Waals surface area contributed by atoms with Gasteiger partial charge in [0.15, 0.2) is 5.78 Å².